The van der Waals surface area contributed by atoms with Gasteiger partial charge in [0.2, 0.25) is 10.0 Å². The molecular weight excluding hydrogens is 380 g/mol. The fourth-order valence-corrected chi connectivity index (χ4v) is 4.01. The monoisotopic (exact) mass is 396 g/mol. The SMILES string of the molecule is CS(=O)(=O)Nc1ccc(-c2csc(Nc3cccc4ncccc34)n2)cc1. The molecule has 2 heterocycles. The van der Waals surface area contributed by atoms with Crippen molar-refractivity contribution in [1.29, 1.82) is 0 Å². The maximum absolute atomic E-state index is 11.3. The van der Waals surface area contributed by atoms with Crippen molar-refractivity contribution in [2.45, 2.75) is 0 Å². The second-order valence-electron chi connectivity index (χ2n) is 5.99. The predicted octanol–water partition coefficient (Wildman–Crippen LogP) is 4.47. The molecule has 0 aliphatic rings. The van der Waals surface area contributed by atoms with Crippen LogP contribution in [-0.2, 0) is 10.0 Å². The Bertz CT molecular complexity index is 1200. The molecule has 0 aliphatic heterocycles. The summed E-state index contributed by atoms with van der Waals surface area (Å²) < 4.78 is 25.0. The number of aromatic nitrogens is 2. The zero-order chi connectivity index (χ0) is 18.9. The smallest absolute Gasteiger partial charge is 0.229 e. The van der Waals surface area contributed by atoms with Crippen molar-refractivity contribution >= 4 is 48.8 Å². The average molecular weight is 396 g/mol. The molecule has 0 saturated carbocycles. The molecule has 2 aromatic carbocycles. The lowest BCUT2D eigenvalue weighted by Crippen LogP contribution is -2.09. The van der Waals surface area contributed by atoms with Gasteiger partial charge in [0.1, 0.15) is 0 Å². The number of hydrogen-bond donors (Lipinski definition) is 2. The molecule has 0 saturated heterocycles. The Morgan fingerprint density at radius 2 is 1.81 bits per heavy atom. The van der Waals surface area contributed by atoms with E-state index in [2.05, 4.69) is 20.0 Å². The van der Waals surface area contributed by atoms with Crippen LogP contribution in [0.2, 0.25) is 0 Å². The third-order valence-corrected chi connectivity index (χ3v) is 5.24. The summed E-state index contributed by atoms with van der Waals surface area (Å²) >= 11 is 1.51. The van der Waals surface area contributed by atoms with Crippen LogP contribution in [0.5, 0.6) is 0 Å². The molecule has 0 spiro atoms. The van der Waals surface area contributed by atoms with Crippen molar-refractivity contribution in [1.82, 2.24) is 9.97 Å². The molecule has 0 radical (unpaired) electrons. The maximum atomic E-state index is 11.3. The molecule has 0 bridgehead atoms. The molecule has 0 amide bonds. The Labute approximate surface area is 161 Å². The zero-order valence-electron chi connectivity index (χ0n) is 14.4. The van der Waals surface area contributed by atoms with E-state index in [-0.39, 0.29) is 0 Å². The van der Waals surface area contributed by atoms with E-state index >= 15 is 0 Å². The van der Waals surface area contributed by atoms with Crippen LogP contribution in [0.3, 0.4) is 0 Å². The van der Waals surface area contributed by atoms with Gasteiger partial charge in [0.05, 0.1) is 17.5 Å². The summed E-state index contributed by atoms with van der Waals surface area (Å²) in [6, 6.07) is 17.0. The Morgan fingerprint density at radius 3 is 2.59 bits per heavy atom. The third-order valence-electron chi connectivity index (χ3n) is 3.88. The van der Waals surface area contributed by atoms with Crippen molar-refractivity contribution in [3.05, 3.63) is 66.2 Å². The molecule has 2 N–H and O–H groups in total. The number of benzene rings is 2. The average Bonchev–Trinajstić information content (AvgIpc) is 3.10. The van der Waals surface area contributed by atoms with Crippen molar-refractivity contribution in [3.63, 3.8) is 0 Å². The quantitative estimate of drug-likeness (QED) is 0.520. The summed E-state index contributed by atoms with van der Waals surface area (Å²) in [5.74, 6) is 0. The summed E-state index contributed by atoms with van der Waals surface area (Å²) in [5.41, 5.74) is 4.14. The zero-order valence-corrected chi connectivity index (χ0v) is 16.0. The highest BCUT2D eigenvalue weighted by molar-refractivity contribution is 7.92. The minimum Gasteiger partial charge on any atom is -0.331 e. The Kier molecular flexibility index (Phi) is 4.51. The lowest BCUT2D eigenvalue weighted by Gasteiger charge is -2.06. The van der Waals surface area contributed by atoms with E-state index in [4.69, 9.17) is 0 Å². The van der Waals surface area contributed by atoms with Crippen LogP contribution in [0.25, 0.3) is 22.2 Å². The van der Waals surface area contributed by atoms with E-state index in [1.165, 1.54) is 11.3 Å². The van der Waals surface area contributed by atoms with Crippen molar-refractivity contribution < 1.29 is 8.42 Å². The molecule has 0 fully saturated rings. The molecule has 6 nitrogen and oxygen atoms in total. The molecule has 136 valence electrons. The fourth-order valence-electron chi connectivity index (χ4n) is 2.71. The van der Waals surface area contributed by atoms with Crippen LogP contribution >= 0.6 is 11.3 Å². The molecule has 8 heteroatoms. The lowest BCUT2D eigenvalue weighted by molar-refractivity contribution is 0.607. The van der Waals surface area contributed by atoms with Crippen molar-refractivity contribution in [3.8, 4) is 11.3 Å². The summed E-state index contributed by atoms with van der Waals surface area (Å²) in [7, 11) is -3.28. The maximum Gasteiger partial charge on any atom is 0.229 e. The summed E-state index contributed by atoms with van der Waals surface area (Å²) in [5, 5.41) is 7.13. The molecule has 2 aromatic heterocycles. The topological polar surface area (TPSA) is 84.0 Å². The first-order valence-electron chi connectivity index (χ1n) is 8.12. The van der Waals surface area contributed by atoms with Crippen molar-refractivity contribution in [2.75, 3.05) is 16.3 Å². The Morgan fingerprint density at radius 1 is 1.00 bits per heavy atom. The minimum atomic E-state index is -3.28. The first kappa shape index (κ1) is 17.4. The second kappa shape index (κ2) is 6.98. The molecule has 0 aliphatic carbocycles. The van der Waals surface area contributed by atoms with Gasteiger partial charge in [-0.2, -0.15) is 0 Å². The van der Waals surface area contributed by atoms with Crippen LogP contribution in [0.1, 0.15) is 0 Å². The van der Waals surface area contributed by atoms with E-state index < -0.39 is 10.0 Å². The van der Waals surface area contributed by atoms with Crippen LogP contribution in [0, 0.1) is 0 Å². The van der Waals surface area contributed by atoms with Gasteiger partial charge < -0.3 is 5.32 Å². The molecule has 4 aromatic rings. The largest absolute Gasteiger partial charge is 0.331 e. The highest BCUT2D eigenvalue weighted by Gasteiger charge is 2.08. The second-order valence-corrected chi connectivity index (χ2v) is 8.60. The number of hydrogen-bond acceptors (Lipinski definition) is 6. The number of sulfonamides is 1. The highest BCUT2D eigenvalue weighted by Crippen LogP contribution is 2.30. The van der Waals surface area contributed by atoms with Gasteiger partial charge in [-0.25, -0.2) is 13.4 Å². The third kappa shape index (κ3) is 4.07. The Balaban J connectivity index is 1.56. The first-order chi connectivity index (χ1) is 13.0. The number of nitrogens with one attached hydrogen (secondary N) is 2. The predicted molar refractivity (Wildman–Crippen MR) is 111 cm³/mol. The summed E-state index contributed by atoms with van der Waals surface area (Å²) in [6.07, 6.45) is 2.90. The highest BCUT2D eigenvalue weighted by atomic mass is 32.2. The number of fused-ring (bicyclic) bond motifs is 1. The van der Waals surface area contributed by atoms with Crippen LogP contribution in [0.15, 0.2) is 66.2 Å². The van der Waals surface area contributed by atoms with Crippen molar-refractivity contribution in [2.24, 2.45) is 0 Å². The first-order valence-corrected chi connectivity index (χ1v) is 10.9. The van der Waals surface area contributed by atoms with E-state index in [1.807, 2.05) is 47.8 Å². The van der Waals surface area contributed by atoms with Gasteiger partial charge in [-0.05, 0) is 36.4 Å². The molecule has 27 heavy (non-hydrogen) atoms. The lowest BCUT2D eigenvalue weighted by atomic mass is 10.1. The van der Waals surface area contributed by atoms with Crippen LogP contribution in [0.4, 0.5) is 16.5 Å². The molecule has 4 rings (SSSR count). The minimum absolute atomic E-state index is 0.526. The summed E-state index contributed by atoms with van der Waals surface area (Å²) in [4.78, 5) is 9.00. The van der Waals surface area contributed by atoms with Gasteiger partial charge in [-0.15, -0.1) is 11.3 Å². The summed E-state index contributed by atoms with van der Waals surface area (Å²) in [6.45, 7) is 0. The molecule has 0 unspecified atom stereocenters. The number of anilines is 3. The van der Waals surface area contributed by atoms with E-state index in [0.29, 0.717) is 5.69 Å². The number of thiazole rings is 1. The van der Waals surface area contributed by atoms with Gasteiger partial charge in [-0.3, -0.25) is 9.71 Å². The van der Waals surface area contributed by atoms with Gasteiger partial charge in [0, 0.05) is 33.9 Å². The molecule has 0 atom stereocenters. The van der Waals surface area contributed by atoms with Gasteiger partial charge in [0.25, 0.3) is 0 Å². The van der Waals surface area contributed by atoms with E-state index in [1.54, 1.807) is 18.3 Å². The number of pyridine rings is 1. The van der Waals surface area contributed by atoms with Gasteiger partial charge in [-0.1, -0.05) is 18.2 Å². The van der Waals surface area contributed by atoms with Crippen LogP contribution < -0.4 is 10.0 Å². The van der Waals surface area contributed by atoms with Crippen LogP contribution in [-0.4, -0.2) is 24.6 Å². The van der Waals surface area contributed by atoms with Gasteiger partial charge >= 0.3 is 0 Å². The fraction of sp³-hybridized carbons (Fsp3) is 0.0526. The van der Waals surface area contributed by atoms with Gasteiger partial charge in [0.15, 0.2) is 5.13 Å². The van der Waals surface area contributed by atoms with E-state index in [9.17, 15) is 8.42 Å². The van der Waals surface area contributed by atoms with E-state index in [0.717, 1.165) is 39.2 Å². The number of nitrogens with zero attached hydrogens (tertiary/aromatic N) is 2. The Hall–Kier alpha value is -2.97. The standard InChI is InChI=1S/C19H16N4O2S2/c1-27(24,25)23-14-9-7-13(8-10-14)18-12-26-19(22-18)21-17-6-2-5-16-15(17)4-3-11-20-16/h2-12,23H,1H3,(H,21,22). The normalized spacial score (nSPS) is 11.4. The number of rotatable bonds is 5. The molecular formula is C19H16N4O2S2.